The Balaban J connectivity index is 1.95. The van der Waals surface area contributed by atoms with Gasteiger partial charge in [0.2, 0.25) is 0 Å². The molecule has 0 aromatic rings. The number of rotatable bonds is 3. The van der Waals surface area contributed by atoms with Gasteiger partial charge in [-0.05, 0) is 39.5 Å². The summed E-state index contributed by atoms with van der Waals surface area (Å²) in [5.74, 6) is 0. The van der Waals surface area contributed by atoms with E-state index in [9.17, 15) is 5.26 Å². The number of hydrogen-bond donors (Lipinski definition) is 1. The van der Waals surface area contributed by atoms with Crippen LogP contribution in [0.1, 0.15) is 39.5 Å². The summed E-state index contributed by atoms with van der Waals surface area (Å²) in [5, 5.41) is 13.0. The SMILES string of the molecule is CC(C)NC1(C#N)CCC(N2CCCOCC2)C1. The maximum absolute atomic E-state index is 9.48. The minimum atomic E-state index is -0.300. The number of ether oxygens (including phenoxy) is 1. The molecule has 2 unspecified atom stereocenters. The average Bonchev–Trinajstić information content (AvgIpc) is 2.59. The molecule has 2 aliphatic rings. The lowest BCUT2D eigenvalue weighted by molar-refractivity contribution is 0.131. The first-order valence-corrected chi connectivity index (χ1v) is 7.16. The minimum Gasteiger partial charge on any atom is -0.380 e. The van der Waals surface area contributed by atoms with Crippen LogP contribution in [0.25, 0.3) is 0 Å². The minimum absolute atomic E-state index is 0.300. The van der Waals surface area contributed by atoms with Gasteiger partial charge < -0.3 is 4.74 Å². The normalized spacial score (nSPS) is 34.4. The Morgan fingerprint density at radius 2 is 2.22 bits per heavy atom. The summed E-state index contributed by atoms with van der Waals surface area (Å²) >= 11 is 0. The highest BCUT2D eigenvalue weighted by atomic mass is 16.5. The summed E-state index contributed by atoms with van der Waals surface area (Å²) in [4.78, 5) is 2.52. The van der Waals surface area contributed by atoms with Crippen molar-refractivity contribution in [2.24, 2.45) is 0 Å². The molecule has 0 aromatic carbocycles. The smallest absolute Gasteiger partial charge is 0.108 e. The molecule has 1 aliphatic carbocycles. The van der Waals surface area contributed by atoms with E-state index in [0.717, 1.165) is 52.0 Å². The number of hydrogen-bond acceptors (Lipinski definition) is 4. The average molecular weight is 251 g/mol. The van der Waals surface area contributed by atoms with Crippen molar-refractivity contribution in [3.8, 4) is 6.07 Å². The van der Waals surface area contributed by atoms with E-state index in [1.807, 2.05) is 0 Å². The predicted molar refractivity (Wildman–Crippen MR) is 71.3 cm³/mol. The lowest BCUT2D eigenvalue weighted by atomic mass is 9.98. The van der Waals surface area contributed by atoms with Gasteiger partial charge >= 0.3 is 0 Å². The third-order valence-electron chi connectivity index (χ3n) is 4.04. The molecule has 0 bridgehead atoms. The largest absolute Gasteiger partial charge is 0.380 e. The van der Waals surface area contributed by atoms with Crippen LogP contribution in [0.2, 0.25) is 0 Å². The molecule has 2 fully saturated rings. The molecule has 1 aliphatic heterocycles. The van der Waals surface area contributed by atoms with Crippen LogP contribution < -0.4 is 5.32 Å². The maximum Gasteiger partial charge on any atom is 0.108 e. The third-order valence-corrected chi connectivity index (χ3v) is 4.04. The lowest BCUT2D eigenvalue weighted by Gasteiger charge is -2.29. The first-order chi connectivity index (χ1) is 8.65. The molecule has 4 nitrogen and oxygen atoms in total. The number of nitriles is 1. The fourth-order valence-electron chi connectivity index (χ4n) is 3.28. The Morgan fingerprint density at radius 3 is 2.94 bits per heavy atom. The van der Waals surface area contributed by atoms with Crippen LogP contribution in [0.5, 0.6) is 0 Å². The van der Waals surface area contributed by atoms with Crippen molar-refractivity contribution in [2.75, 3.05) is 26.3 Å². The molecule has 102 valence electrons. The van der Waals surface area contributed by atoms with Crippen LogP contribution in [0.3, 0.4) is 0 Å². The topological polar surface area (TPSA) is 48.3 Å². The van der Waals surface area contributed by atoms with E-state index in [1.54, 1.807) is 0 Å². The first-order valence-electron chi connectivity index (χ1n) is 7.16. The molecular formula is C14H25N3O. The van der Waals surface area contributed by atoms with E-state index in [4.69, 9.17) is 4.74 Å². The second-order valence-corrected chi connectivity index (χ2v) is 5.89. The van der Waals surface area contributed by atoms with Crippen LogP contribution >= 0.6 is 0 Å². The van der Waals surface area contributed by atoms with Gasteiger partial charge in [-0.2, -0.15) is 5.26 Å². The van der Waals surface area contributed by atoms with Crippen LogP contribution in [-0.2, 0) is 4.74 Å². The molecule has 0 radical (unpaired) electrons. The van der Waals surface area contributed by atoms with Gasteiger partial charge in [-0.25, -0.2) is 0 Å². The summed E-state index contributed by atoms with van der Waals surface area (Å²) in [5.41, 5.74) is -0.300. The highest BCUT2D eigenvalue weighted by Crippen LogP contribution is 2.33. The third kappa shape index (κ3) is 3.23. The highest BCUT2D eigenvalue weighted by Gasteiger charge is 2.41. The Morgan fingerprint density at radius 1 is 1.39 bits per heavy atom. The Hall–Kier alpha value is -0.630. The molecule has 2 atom stereocenters. The zero-order chi connectivity index (χ0) is 13.0. The first kappa shape index (κ1) is 13.8. The van der Waals surface area contributed by atoms with Crippen molar-refractivity contribution < 1.29 is 4.74 Å². The number of nitrogens with zero attached hydrogens (tertiary/aromatic N) is 2. The summed E-state index contributed by atoms with van der Waals surface area (Å²) < 4.78 is 5.50. The fraction of sp³-hybridized carbons (Fsp3) is 0.929. The molecule has 1 heterocycles. The van der Waals surface area contributed by atoms with Gasteiger partial charge in [0.25, 0.3) is 0 Å². The highest BCUT2D eigenvalue weighted by molar-refractivity contribution is 5.14. The molecule has 4 heteroatoms. The van der Waals surface area contributed by atoms with Crippen LogP contribution in [0.15, 0.2) is 0 Å². The molecule has 18 heavy (non-hydrogen) atoms. The second-order valence-electron chi connectivity index (χ2n) is 5.89. The van der Waals surface area contributed by atoms with Crippen LogP contribution in [-0.4, -0.2) is 48.8 Å². The Labute approximate surface area is 110 Å². The summed E-state index contributed by atoms with van der Waals surface area (Å²) in [7, 11) is 0. The zero-order valence-corrected chi connectivity index (χ0v) is 11.6. The Bertz CT molecular complexity index is 305. The molecule has 0 amide bonds. The van der Waals surface area contributed by atoms with Crippen molar-refractivity contribution in [2.45, 2.75) is 57.2 Å². The fourth-order valence-corrected chi connectivity index (χ4v) is 3.28. The molecular weight excluding hydrogens is 226 g/mol. The van der Waals surface area contributed by atoms with Crippen molar-refractivity contribution in [1.29, 1.82) is 5.26 Å². The van der Waals surface area contributed by atoms with Crippen molar-refractivity contribution in [3.05, 3.63) is 0 Å². The van der Waals surface area contributed by atoms with Crippen molar-refractivity contribution in [1.82, 2.24) is 10.2 Å². The van der Waals surface area contributed by atoms with Gasteiger partial charge in [0.05, 0.1) is 12.7 Å². The molecule has 0 aromatic heterocycles. The van der Waals surface area contributed by atoms with Gasteiger partial charge in [0.1, 0.15) is 5.54 Å². The molecule has 1 saturated carbocycles. The predicted octanol–water partition coefficient (Wildman–Crippen LogP) is 1.52. The molecule has 1 saturated heterocycles. The van der Waals surface area contributed by atoms with Gasteiger partial charge in [-0.3, -0.25) is 10.2 Å². The van der Waals surface area contributed by atoms with Crippen molar-refractivity contribution in [3.63, 3.8) is 0 Å². The van der Waals surface area contributed by atoms with E-state index in [2.05, 4.69) is 30.1 Å². The van der Waals surface area contributed by atoms with E-state index in [0.29, 0.717) is 12.1 Å². The summed E-state index contributed by atoms with van der Waals surface area (Å²) in [6.07, 6.45) is 4.19. The molecule has 2 rings (SSSR count). The van der Waals surface area contributed by atoms with Gasteiger partial charge in [0.15, 0.2) is 0 Å². The van der Waals surface area contributed by atoms with Crippen LogP contribution in [0.4, 0.5) is 0 Å². The Kier molecular flexibility index (Phi) is 4.60. The van der Waals surface area contributed by atoms with E-state index in [-0.39, 0.29) is 5.54 Å². The lowest BCUT2D eigenvalue weighted by Crippen LogP contribution is -2.47. The van der Waals surface area contributed by atoms with E-state index in [1.165, 1.54) is 0 Å². The quantitative estimate of drug-likeness (QED) is 0.826. The number of nitrogens with one attached hydrogen (secondary N) is 1. The second kappa shape index (κ2) is 6.01. The van der Waals surface area contributed by atoms with Crippen molar-refractivity contribution >= 4 is 0 Å². The molecule has 1 N–H and O–H groups in total. The summed E-state index contributed by atoms with van der Waals surface area (Å²) in [6.45, 7) is 8.10. The van der Waals surface area contributed by atoms with Gasteiger partial charge in [-0.15, -0.1) is 0 Å². The van der Waals surface area contributed by atoms with Gasteiger partial charge in [-0.1, -0.05) is 0 Å². The van der Waals surface area contributed by atoms with E-state index >= 15 is 0 Å². The molecule has 0 spiro atoms. The standard InChI is InChI=1S/C14H25N3O/c1-12(2)16-14(11-15)5-4-13(10-14)17-6-3-8-18-9-7-17/h12-13,16H,3-10H2,1-2H3. The maximum atomic E-state index is 9.48. The monoisotopic (exact) mass is 251 g/mol. The summed E-state index contributed by atoms with van der Waals surface area (Å²) in [6, 6.07) is 3.45. The zero-order valence-electron chi connectivity index (χ0n) is 11.6. The van der Waals surface area contributed by atoms with Gasteiger partial charge in [0, 0.05) is 31.8 Å². The van der Waals surface area contributed by atoms with Crippen LogP contribution in [0, 0.1) is 11.3 Å². The van der Waals surface area contributed by atoms with E-state index < -0.39 is 0 Å².